The molecule has 0 aliphatic carbocycles. The van der Waals surface area contributed by atoms with E-state index in [0.29, 0.717) is 29.0 Å². The maximum atomic E-state index is 12.4. The Bertz CT molecular complexity index is 878. The topological polar surface area (TPSA) is 102 Å². The highest BCUT2D eigenvalue weighted by Gasteiger charge is 2.27. The zero-order valence-corrected chi connectivity index (χ0v) is 14.2. The normalized spacial score (nSPS) is 12.6. The molecule has 138 valence electrons. The first-order chi connectivity index (χ1) is 13.1. The van der Waals surface area contributed by atoms with Gasteiger partial charge in [-0.25, -0.2) is 4.79 Å². The Kier molecular flexibility index (Phi) is 5.46. The first kappa shape index (κ1) is 18.1. The fourth-order valence-corrected chi connectivity index (χ4v) is 2.50. The summed E-state index contributed by atoms with van der Waals surface area (Å²) in [5, 5.41) is 2.67. The number of nitrogens with zero attached hydrogens (tertiary/aromatic N) is 1. The molecule has 27 heavy (non-hydrogen) atoms. The third-order valence-corrected chi connectivity index (χ3v) is 3.80. The van der Waals surface area contributed by atoms with Crippen molar-refractivity contribution in [3.63, 3.8) is 0 Å². The lowest BCUT2D eigenvalue weighted by Gasteiger charge is -2.28. The Morgan fingerprint density at radius 1 is 1.07 bits per heavy atom. The number of nitrogens with one attached hydrogen (secondary N) is 1. The summed E-state index contributed by atoms with van der Waals surface area (Å²) >= 11 is 0. The third kappa shape index (κ3) is 4.49. The standard InChI is InChI=1S/C19H16N2O6/c22-10-13-5-7-14(8-6-13)26-12-19(25)27-11-18(24)21-9-17(23)20-15-3-1-2-4-16(15)21/h1-8,10H,9,11-12H2,(H,20,23). The Labute approximate surface area is 154 Å². The maximum Gasteiger partial charge on any atom is 0.344 e. The number of rotatable bonds is 6. The molecule has 1 aliphatic rings. The predicted octanol–water partition coefficient (Wildman–Crippen LogP) is 1.41. The van der Waals surface area contributed by atoms with Gasteiger partial charge in [-0.15, -0.1) is 0 Å². The van der Waals surface area contributed by atoms with Crippen LogP contribution in [0.2, 0.25) is 0 Å². The van der Waals surface area contributed by atoms with Gasteiger partial charge in [-0.2, -0.15) is 0 Å². The average Bonchev–Trinajstić information content (AvgIpc) is 2.70. The molecule has 1 aliphatic heterocycles. The molecule has 0 aromatic heterocycles. The molecule has 0 spiro atoms. The summed E-state index contributed by atoms with van der Waals surface area (Å²) in [5.41, 5.74) is 1.56. The van der Waals surface area contributed by atoms with E-state index in [1.54, 1.807) is 48.5 Å². The minimum absolute atomic E-state index is 0.146. The molecule has 8 nitrogen and oxygen atoms in total. The van der Waals surface area contributed by atoms with Gasteiger partial charge in [-0.1, -0.05) is 12.1 Å². The highest BCUT2D eigenvalue weighted by molar-refractivity contribution is 6.10. The minimum Gasteiger partial charge on any atom is -0.482 e. The van der Waals surface area contributed by atoms with Gasteiger partial charge in [0.2, 0.25) is 5.91 Å². The lowest BCUT2D eigenvalue weighted by molar-refractivity contribution is -0.149. The number of aldehydes is 1. The number of amides is 2. The molecular weight excluding hydrogens is 352 g/mol. The van der Waals surface area contributed by atoms with Gasteiger partial charge in [-0.3, -0.25) is 19.3 Å². The fraction of sp³-hybridized carbons (Fsp3) is 0.158. The highest BCUT2D eigenvalue weighted by Crippen LogP contribution is 2.28. The summed E-state index contributed by atoms with van der Waals surface area (Å²) in [6.07, 6.45) is 0.697. The van der Waals surface area contributed by atoms with Gasteiger partial charge in [0.15, 0.2) is 13.2 Å². The average molecular weight is 368 g/mol. The van der Waals surface area contributed by atoms with Crippen molar-refractivity contribution in [1.29, 1.82) is 0 Å². The summed E-state index contributed by atoms with van der Waals surface area (Å²) < 4.78 is 10.2. The number of carbonyl (C=O) groups is 4. The summed E-state index contributed by atoms with van der Waals surface area (Å²) in [6, 6.07) is 13.1. The van der Waals surface area contributed by atoms with Crippen LogP contribution in [0, 0.1) is 0 Å². The molecule has 0 atom stereocenters. The van der Waals surface area contributed by atoms with Crippen LogP contribution < -0.4 is 15.0 Å². The minimum atomic E-state index is -0.724. The van der Waals surface area contributed by atoms with Crippen LogP contribution in [0.3, 0.4) is 0 Å². The second kappa shape index (κ2) is 8.13. The lowest BCUT2D eigenvalue weighted by Crippen LogP contribution is -2.44. The second-order valence-corrected chi connectivity index (χ2v) is 5.68. The molecule has 0 bridgehead atoms. The van der Waals surface area contributed by atoms with E-state index in [1.165, 1.54) is 4.90 Å². The molecule has 2 amide bonds. The van der Waals surface area contributed by atoms with Crippen LogP contribution in [-0.2, 0) is 19.1 Å². The molecule has 1 heterocycles. The van der Waals surface area contributed by atoms with Crippen LogP contribution in [0.25, 0.3) is 0 Å². The van der Waals surface area contributed by atoms with Gasteiger partial charge in [0, 0.05) is 5.56 Å². The van der Waals surface area contributed by atoms with Crippen molar-refractivity contribution in [2.45, 2.75) is 0 Å². The number of carbonyl (C=O) groups excluding carboxylic acids is 4. The highest BCUT2D eigenvalue weighted by atomic mass is 16.6. The van der Waals surface area contributed by atoms with Crippen molar-refractivity contribution in [2.75, 3.05) is 30.0 Å². The zero-order chi connectivity index (χ0) is 19.2. The van der Waals surface area contributed by atoms with Crippen molar-refractivity contribution >= 4 is 35.4 Å². The van der Waals surface area contributed by atoms with E-state index in [2.05, 4.69) is 5.32 Å². The van der Waals surface area contributed by atoms with Crippen LogP contribution >= 0.6 is 0 Å². The number of ether oxygens (including phenoxy) is 2. The first-order valence-electron chi connectivity index (χ1n) is 8.10. The van der Waals surface area contributed by atoms with Crippen molar-refractivity contribution in [3.8, 4) is 5.75 Å². The molecule has 0 unspecified atom stereocenters. The van der Waals surface area contributed by atoms with Gasteiger partial charge in [-0.05, 0) is 36.4 Å². The van der Waals surface area contributed by atoms with E-state index in [1.807, 2.05) is 0 Å². The van der Waals surface area contributed by atoms with Crippen LogP contribution in [0.4, 0.5) is 11.4 Å². The summed E-state index contributed by atoms with van der Waals surface area (Å²) in [7, 11) is 0. The van der Waals surface area contributed by atoms with E-state index in [9.17, 15) is 19.2 Å². The predicted molar refractivity (Wildman–Crippen MR) is 95.7 cm³/mol. The monoisotopic (exact) mass is 368 g/mol. The molecule has 8 heteroatoms. The van der Waals surface area contributed by atoms with Crippen LogP contribution in [-0.4, -0.2) is 43.8 Å². The Hall–Kier alpha value is -3.68. The van der Waals surface area contributed by atoms with Gasteiger partial charge >= 0.3 is 5.97 Å². The first-order valence-corrected chi connectivity index (χ1v) is 8.10. The summed E-state index contributed by atoms with van der Waals surface area (Å²) in [4.78, 5) is 47.7. The number of fused-ring (bicyclic) bond motifs is 1. The van der Waals surface area contributed by atoms with Gasteiger partial charge in [0.1, 0.15) is 18.6 Å². The number of hydrogen-bond acceptors (Lipinski definition) is 6. The smallest absolute Gasteiger partial charge is 0.344 e. The molecule has 2 aromatic carbocycles. The van der Waals surface area contributed by atoms with E-state index >= 15 is 0 Å². The summed E-state index contributed by atoms with van der Waals surface area (Å²) in [5.74, 6) is -1.17. The molecule has 0 saturated heterocycles. The molecule has 0 fully saturated rings. The van der Waals surface area contributed by atoms with E-state index in [4.69, 9.17) is 9.47 Å². The number of hydrogen-bond donors (Lipinski definition) is 1. The van der Waals surface area contributed by atoms with Crippen LogP contribution in [0.1, 0.15) is 10.4 Å². The largest absolute Gasteiger partial charge is 0.482 e. The number of para-hydroxylation sites is 2. The Morgan fingerprint density at radius 2 is 1.81 bits per heavy atom. The maximum absolute atomic E-state index is 12.4. The van der Waals surface area contributed by atoms with Crippen molar-refractivity contribution < 1.29 is 28.7 Å². The third-order valence-electron chi connectivity index (χ3n) is 3.80. The number of anilines is 2. The molecular formula is C19H16N2O6. The number of esters is 1. The summed E-state index contributed by atoms with van der Waals surface area (Å²) in [6.45, 7) is -1.04. The van der Waals surface area contributed by atoms with Gasteiger partial charge in [0.05, 0.1) is 11.4 Å². The number of benzene rings is 2. The lowest BCUT2D eigenvalue weighted by atomic mass is 10.2. The fourth-order valence-electron chi connectivity index (χ4n) is 2.50. The Morgan fingerprint density at radius 3 is 2.56 bits per heavy atom. The van der Waals surface area contributed by atoms with Gasteiger partial charge < -0.3 is 14.8 Å². The van der Waals surface area contributed by atoms with Crippen LogP contribution in [0.15, 0.2) is 48.5 Å². The molecule has 0 saturated carbocycles. The Balaban J connectivity index is 1.52. The molecule has 0 radical (unpaired) electrons. The molecule has 1 N–H and O–H groups in total. The van der Waals surface area contributed by atoms with Crippen molar-refractivity contribution in [1.82, 2.24) is 0 Å². The van der Waals surface area contributed by atoms with Gasteiger partial charge in [0.25, 0.3) is 5.91 Å². The molecule has 2 aromatic rings. The van der Waals surface area contributed by atoms with Crippen molar-refractivity contribution in [2.24, 2.45) is 0 Å². The van der Waals surface area contributed by atoms with E-state index in [-0.39, 0.29) is 19.1 Å². The zero-order valence-electron chi connectivity index (χ0n) is 14.2. The van der Waals surface area contributed by atoms with Crippen LogP contribution in [0.5, 0.6) is 5.75 Å². The quantitative estimate of drug-likeness (QED) is 0.611. The van der Waals surface area contributed by atoms with E-state index in [0.717, 1.165) is 0 Å². The molecule has 3 rings (SSSR count). The second-order valence-electron chi connectivity index (χ2n) is 5.68. The van der Waals surface area contributed by atoms with E-state index < -0.39 is 18.5 Å². The van der Waals surface area contributed by atoms with Crippen molar-refractivity contribution in [3.05, 3.63) is 54.1 Å². The SMILES string of the molecule is O=Cc1ccc(OCC(=O)OCC(=O)N2CC(=O)Nc3ccccc32)cc1.